The van der Waals surface area contributed by atoms with E-state index in [1.807, 2.05) is 6.07 Å². The van der Waals surface area contributed by atoms with Gasteiger partial charge in [-0.3, -0.25) is 9.59 Å². The highest BCUT2D eigenvalue weighted by Gasteiger charge is 2.67. The number of rotatable bonds is 5. The Hall–Kier alpha value is -2.46. The molecule has 4 rings (SSSR count). The van der Waals surface area contributed by atoms with Crippen LogP contribution in [0.5, 0.6) is 0 Å². The fraction of sp³-hybridized carbons (Fsp3) is 0.160. The number of halogens is 5. The maximum atomic E-state index is 13.0. The Morgan fingerprint density at radius 2 is 1.63 bits per heavy atom. The Morgan fingerprint density at radius 3 is 2.29 bits per heavy atom. The molecule has 2 atom stereocenters. The minimum Gasteiger partial charge on any atom is -0.326 e. The highest BCUT2D eigenvalue weighted by atomic mass is 35.5. The zero-order valence-corrected chi connectivity index (χ0v) is 21.8. The van der Waals surface area contributed by atoms with Gasteiger partial charge in [-0.1, -0.05) is 40.9 Å². The number of hydrogen-bond donors (Lipinski definition) is 2. The maximum absolute atomic E-state index is 13.0. The molecule has 0 heterocycles. The Labute approximate surface area is 226 Å². The van der Waals surface area contributed by atoms with Gasteiger partial charge in [-0.25, -0.2) is 0 Å². The molecule has 10 heteroatoms. The molecule has 0 aliphatic heterocycles. The summed E-state index contributed by atoms with van der Waals surface area (Å²) >= 11 is 31.2. The third kappa shape index (κ3) is 5.23. The Balaban J connectivity index is 1.50. The van der Waals surface area contributed by atoms with Crippen LogP contribution in [0, 0.1) is 24.2 Å². The van der Waals surface area contributed by atoms with Crippen molar-refractivity contribution in [2.75, 3.05) is 10.6 Å². The molecule has 0 spiro atoms. The Morgan fingerprint density at radius 1 is 0.914 bits per heavy atom. The molecule has 178 valence electrons. The Bertz CT molecular complexity index is 1400. The van der Waals surface area contributed by atoms with Crippen LogP contribution in [0.15, 0.2) is 54.6 Å². The van der Waals surface area contributed by atoms with E-state index in [0.717, 1.165) is 0 Å². The van der Waals surface area contributed by atoms with E-state index in [1.165, 1.54) is 6.07 Å². The molecule has 5 nitrogen and oxygen atoms in total. The molecule has 2 N–H and O–H groups in total. The van der Waals surface area contributed by atoms with Gasteiger partial charge >= 0.3 is 0 Å². The normalized spacial score (nSPS) is 17.9. The number of aryl methyl sites for hydroxylation is 1. The maximum Gasteiger partial charge on any atom is 0.255 e. The van der Waals surface area contributed by atoms with Crippen molar-refractivity contribution in [2.45, 2.75) is 17.2 Å². The number of nitriles is 1. The molecule has 2 amide bonds. The number of carbonyl (C=O) groups excluding carboxylic acids is 2. The third-order valence-electron chi connectivity index (χ3n) is 5.72. The first-order valence-electron chi connectivity index (χ1n) is 10.3. The summed E-state index contributed by atoms with van der Waals surface area (Å²) in [5.74, 6) is -1.99. The van der Waals surface area contributed by atoms with E-state index in [4.69, 9.17) is 63.3 Å². The minimum absolute atomic E-state index is 0.284. The topological polar surface area (TPSA) is 82.0 Å². The molecule has 1 saturated carbocycles. The standard InChI is InChI=1S/C25H16Cl5N3O2/c1-12-8-13(11-31)2-5-16(12)23(34)33-20-10-15(4-7-18(20)27)32-24(35)22-21(25(22,29)30)14-3-6-17(26)19(28)9-14/h2-10,21-22H,1H3,(H,32,35)(H,33,34)/t21-,22?/m0/s1. The molecule has 0 radical (unpaired) electrons. The highest BCUT2D eigenvalue weighted by Crippen LogP contribution is 2.65. The first kappa shape index (κ1) is 25.6. The molecule has 3 aromatic rings. The van der Waals surface area contributed by atoms with Crippen LogP contribution in [0.1, 0.15) is 33.0 Å². The monoisotopic (exact) mass is 565 g/mol. The first-order chi connectivity index (χ1) is 16.5. The summed E-state index contributed by atoms with van der Waals surface area (Å²) in [5.41, 5.74) is 2.89. The summed E-state index contributed by atoms with van der Waals surface area (Å²) in [7, 11) is 0. The highest BCUT2D eigenvalue weighted by molar-refractivity contribution is 6.53. The summed E-state index contributed by atoms with van der Waals surface area (Å²) in [5, 5.41) is 15.6. The number of carbonyl (C=O) groups is 2. The second-order valence-electron chi connectivity index (χ2n) is 8.08. The van der Waals surface area contributed by atoms with E-state index in [1.54, 1.807) is 55.5 Å². The van der Waals surface area contributed by atoms with E-state index >= 15 is 0 Å². The van der Waals surface area contributed by atoms with E-state index < -0.39 is 28.0 Å². The van der Waals surface area contributed by atoms with Gasteiger partial charge < -0.3 is 10.6 Å². The van der Waals surface area contributed by atoms with Crippen LogP contribution in [0.2, 0.25) is 15.1 Å². The van der Waals surface area contributed by atoms with Gasteiger partial charge in [-0.05, 0) is 66.6 Å². The SMILES string of the molecule is Cc1cc(C#N)ccc1C(=O)Nc1cc(NC(=O)C2[C@H](c3ccc(Cl)c(Cl)c3)C2(Cl)Cl)ccc1Cl. The molecule has 1 unspecified atom stereocenters. The van der Waals surface area contributed by atoms with Crippen LogP contribution in [0.4, 0.5) is 11.4 Å². The number of hydrogen-bond acceptors (Lipinski definition) is 3. The summed E-state index contributed by atoms with van der Waals surface area (Å²) in [6.45, 7) is 1.73. The Kier molecular flexibility index (Phi) is 7.24. The number of alkyl halides is 2. The molecule has 1 fully saturated rings. The van der Waals surface area contributed by atoms with Crippen molar-refractivity contribution in [3.8, 4) is 6.07 Å². The average molecular weight is 568 g/mol. The van der Waals surface area contributed by atoms with Crippen molar-refractivity contribution >= 4 is 81.2 Å². The van der Waals surface area contributed by atoms with Crippen LogP contribution >= 0.6 is 58.0 Å². The van der Waals surface area contributed by atoms with Crippen molar-refractivity contribution in [3.05, 3.63) is 91.9 Å². The number of anilines is 2. The first-order valence-corrected chi connectivity index (χ1v) is 12.2. The van der Waals surface area contributed by atoms with Gasteiger partial charge in [0.05, 0.1) is 38.3 Å². The van der Waals surface area contributed by atoms with Crippen LogP contribution in [-0.4, -0.2) is 16.1 Å². The quantitative estimate of drug-likeness (QED) is 0.312. The predicted molar refractivity (Wildman–Crippen MR) is 141 cm³/mol. The third-order valence-corrected chi connectivity index (χ3v) is 7.73. The molecule has 1 aliphatic rings. The second kappa shape index (κ2) is 9.89. The van der Waals surface area contributed by atoms with Gasteiger partial charge in [0.2, 0.25) is 5.91 Å². The second-order valence-corrected chi connectivity index (χ2v) is 10.7. The molecular formula is C25H16Cl5N3O2. The van der Waals surface area contributed by atoms with Gasteiger partial charge in [0, 0.05) is 17.2 Å². The molecule has 0 bridgehead atoms. The molecule has 3 aromatic carbocycles. The van der Waals surface area contributed by atoms with Crippen LogP contribution in [0.3, 0.4) is 0 Å². The van der Waals surface area contributed by atoms with Gasteiger partial charge in [-0.15, -0.1) is 23.2 Å². The van der Waals surface area contributed by atoms with Crippen molar-refractivity contribution in [1.29, 1.82) is 5.26 Å². The zero-order chi connectivity index (χ0) is 25.5. The van der Waals surface area contributed by atoms with Gasteiger partial charge in [-0.2, -0.15) is 5.26 Å². The van der Waals surface area contributed by atoms with Crippen molar-refractivity contribution in [3.63, 3.8) is 0 Å². The summed E-state index contributed by atoms with van der Waals surface area (Å²) in [6, 6.07) is 16.5. The van der Waals surface area contributed by atoms with E-state index in [-0.39, 0.29) is 5.02 Å². The van der Waals surface area contributed by atoms with Gasteiger partial charge in [0.15, 0.2) is 0 Å². The number of nitrogens with one attached hydrogen (secondary N) is 2. The smallest absolute Gasteiger partial charge is 0.255 e. The molecular weight excluding hydrogens is 552 g/mol. The van der Waals surface area contributed by atoms with Crippen LogP contribution in [-0.2, 0) is 4.79 Å². The molecule has 1 aliphatic carbocycles. The number of benzene rings is 3. The summed E-state index contributed by atoms with van der Waals surface area (Å²) in [6.07, 6.45) is 0. The fourth-order valence-corrected chi connectivity index (χ4v) is 5.17. The number of nitrogens with zero attached hydrogens (tertiary/aromatic N) is 1. The minimum atomic E-state index is -1.31. The van der Waals surface area contributed by atoms with Crippen LogP contribution in [0.25, 0.3) is 0 Å². The van der Waals surface area contributed by atoms with Crippen molar-refractivity contribution < 1.29 is 9.59 Å². The zero-order valence-electron chi connectivity index (χ0n) is 18.0. The van der Waals surface area contributed by atoms with Crippen molar-refractivity contribution in [2.24, 2.45) is 5.92 Å². The fourth-order valence-electron chi connectivity index (χ4n) is 3.87. The van der Waals surface area contributed by atoms with Crippen LogP contribution < -0.4 is 10.6 Å². The largest absolute Gasteiger partial charge is 0.326 e. The molecule has 0 saturated heterocycles. The van der Waals surface area contributed by atoms with Gasteiger partial charge in [0.25, 0.3) is 5.91 Å². The van der Waals surface area contributed by atoms with E-state index in [9.17, 15) is 9.59 Å². The van der Waals surface area contributed by atoms with Crippen molar-refractivity contribution in [1.82, 2.24) is 0 Å². The van der Waals surface area contributed by atoms with Gasteiger partial charge in [0.1, 0.15) is 4.33 Å². The molecule has 0 aromatic heterocycles. The predicted octanol–water partition coefficient (Wildman–Crippen LogP) is 7.61. The summed E-state index contributed by atoms with van der Waals surface area (Å²) in [4.78, 5) is 25.8. The van der Waals surface area contributed by atoms with E-state index in [0.29, 0.717) is 43.7 Å². The van der Waals surface area contributed by atoms with E-state index in [2.05, 4.69) is 10.6 Å². The lowest BCUT2D eigenvalue weighted by Gasteiger charge is -2.12. The summed E-state index contributed by atoms with van der Waals surface area (Å²) < 4.78 is -1.31. The lowest BCUT2D eigenvalue weighted by atomic mass is 10.0. The number of amides is 2. The average Bonchev–Trinajstić information content (AvgIpc) is 3.39. The molecule has 35 heavy (non-hydrogen) atoms. The lowest BCUT2D eigenvalue weighted by Crippen LogP contribution is -2.18. The lowest BCUT2D eigenvalue weighted by molar-refractivity contribution is -0.117.